The van der Waals surface area contributed by atoms with Crippen LogP contribution in [-0.2, 0) is 13.0 Å². The van der Waals surface area contributed by atoms with E-state index in [1.807, 2.05) is 30.3 Å². The van der Waals surface area contributed by atoms with Crippen LogP contribution in [-0.4, -0.2) is 17.2 Å². The van der Waals surface area contributed by atoms with Crippen LogP contribution in [0.5, 0.6) is 5.75 Å². The van der Waals surface area contributed by atoms with E-state index in [0.717, 1.165) is 17.7 Å². The third-order valence-electron chi connectivity index (χ3n) is 3.03. The van der Waals surface area contributed by atoms with Gasteiger partial charge in [0.25, 0.3) is 0 Å². The van der Waals surface area contributed by atoms with Gasteiger partial charge in [0.15, 0.2) is 0 Å². The molecule has 4 heteroatoms. The van der Waals surface area contributed by atoms with Gasteiger partial charge in [-0.1, -0.05) is 49.4 Å². The van der Waals surface area contributed by atoms with Gasteiger partial charge in [0, 0.05) is 0 Å². The molecule has 2 aromatic rings. The molecule has 0 bridgehead atoms. The molecule has 0 saturated heterocycles. The third-order valence-corrected chi connectivity index (χ3v) is 3.03. The first kappa shape index (κ1) is 13.7. The number of hydrogen-bond acceptors (Lipinski definition) is 3. The van der Waals surface area contributed by atoms with Gasteiger partial charge in [-0.2, -0.15) is 0 Å². The van der Waals surface area contributed by atoms with E-state index in [1.165, 1.54) is 5.56 Å². The minimum Gasteiger partial charge on any atom is -0.489 e. The molecule has 0 spiro atoms. The highest BCUT2D eigenvalue weighted by Crippen LogP contribution is 2.19. The van der Waals surface area contributed by atoms with Crippen molar-refractivity contribution in [2.45, 2.75) is 20.0 Å². The summed E-state index contributed by atoms with van der Waals surface area (Å²) in [5.74, 6) is 0.899. The van der Waals surface area contributed by atoms with Gasteiger partial charge in [-0.15, -0.1) is 0 Å². The molecule has 0 saturated carbocycles. The summed E-state index contributed by atoms with van der Waals surface area (Å²) in [6.45, 7) is 2.57. The van der Waals surface area contributed by atoms with Crippen LogP contribution in [0.3, 0.4) is 0 Å². The van der Waals surface area contributed by atoms with Gasteiger partial charge in [-0.3, -0.25) is 0 Å². The third kappa shape index (κ3) is 3.59. The van der Waals surface area contributed by atoms with E-state index >= 15 is 0 Å². The van der Waals surface area contributed by atoms with E-state index in [1.54, 1.807) is 12.1 Å². The normalized spacial score (nSPS) is 10.3. The molecular weight excluding hydrogens is 239 g/mol. The molecule has 0 fully saturated rings. The largest absolute Gasteiger partial charge is 0.489 e. The topological polar surface area (TPSA) is 49.7 Å². The number of ether oxygens (including phenoxy) is 1. The maximum Gasteiger partial charge on any atom is 0.488 e. The Kier molecular flexibility index (Phi) is 4.60. The van der Waals surface area contributed by atoms with Gasteiger partial charge in [0.1, 0.15) is 12.4 Å². The maximum atomic E-state index is 9.02. The molecule has 3 nitrogen and oxygen atoms in total. The van der Waals surface area contributed by atoms with Crippen molar-refractivity contribution in [3.8, 4) is 5.75 Å². The molecule has 0 aliphatic rings. The van der Waals surface area contributed by atoms with Gasteiger partial charge >= 0.3 is 7.12 Å². The molecule has 98 valence electrons. The Morgan fingerprint density at radius 1 is 1.00 bits per heavy atom. The summed E-state index contributed by atoms with van der Waals surface area (Å²) in [4.78, 5) is 0. The number of rotatable bonds is 5. The molecule has 0 heterocycles. The Labute approximate surface area is 113 Å². The molecule has 2 aromatic carbocycles. The Bertz CT molecular complexity index is 523. The zero-order chi connectivity index (χ0) is 13.7. The zero-order valence-electron chi connectivity index (χ0n) is 10.9. The lowest BCUT2D eigenvalue weighted by atomic mass is 9.80. The highest BCUT2D eigenvalue weighted by Gasteiger charge is 2.09. The molecule has 19 heavy (non-hydrogen) atoms. The highest BCUT2D eigenvalue weighted by atomic mass is 16.5. The van der Waals surface area contributed by atoms with Gasteiger partial charge in [-0.05, 0) is 29.1 Å². The summed E-state index contributed by atoms with van der Waals surface area (Å²) >= 11 is 0. The quantitative estimate of drug-likeness (QED) is 0.797. The molecule has 0 atom stereocenters. The van der Waals surface area contributed by atoms with Gasteiger partial charge < -0.3 is 14.8 Å². The summed E-state index contributed by atoms with van der Waals surface area (Å²) in [6.07, 6.45) is 0.936. The lowest BCUT2D eigenvalue weighted by molar-refractivity contribution is 0.303. The molecule has 0 aliphatic heterocycles. The lowest BCUT2D eigenvalue weighted by Crippen LogP contribution is -2.29. The van der Waals surface area contributed by atoms with Crippen molar-refractivity contribution >= 4 is 12.6 Å². The first-order valence-corrected chi connectivity index (χ1v) is 6.36. The first-order chi connectivity index (χ1) is 9.20. The van der Waals surface area contributed by atoms with Crippen LogP contribution >= 0.6 is 0 Å². The Hall–Kier alpha value is -1.78. The van der Waals surface area contributed by atoms with E-state index in [9.17, 15) is 0 Å². The summed E-state index contributed by atoms with van der Waals surface area (Å²) in [6, 6.07) is 15.0. The molecule has 0 radical (unpaired) electrons. The standard InChI is InChI=1S/C15H17BO3/c1-2-13-5-3-4-6-15(13)19-11-12-7-9-14(10-8-12)16(17)18/h3-10,17-18H,2,11H2,1H3. The van der Waals surface area contributed by atoms with E-state index in [0.29, 0.717) is 12.1 Å². The summed E-state index contributed by atoms with van der Waals surface area (Å²) in [7, 11) is -1.42. The number of aryl methyl sites for hydroxylation is 1. The van der Waals surface area contributed by atoms with E-state index in [-0.39, 0.29) is 0 Å². The average Bonchev–Trinajstić information content (AvgIpc) is 2.45. The minimum absolute atomic E-state index is 0.471. The molecular formula is C15H17BO3. The van der Waals surface area contributed by atoms with Crippen LogP contribution < -0.4 is 10.2 Å². The van der Waals surface area contributed by atoms with Crippen molar-refractivity contribution in [2.24, 2.45) is 0 Å². The maximum absolute atomic E-state index is 9.02. The molecule has 2 N–H and O–H groups in total. The Morgan fingerprint density at radius 3 is 2.32 bits per heavy atom. The minimum atomic E-state index is -1.42. The average molecular weight is 256 g/mol. The highest BCUT2D eigenvalue weighted by molar-refractivity contribution is 6.58. The van der Waals surface area contributed by atoms with Crippen molar-refractivity contribution in [3.05, 3.63) is 59.7 Å². The SMILES string of the molecule is CCc1ccccc1OCc1ccc(B(O)O)cc1. The molecule has 0 aliphatic carbocycles. The van der Waals surface area contributed by atoms with Crippen LogP contribution in [0.1, 0.15) is 18.1 Å². The van der Waals surface area contributed by atoms with Crippen molar-refractivity contribution in [1.82, 2.24) is 0 Å². The second-order valence-corrected chi connectivity index (χ2v) is 4.37. The van der Waals surface area contributed by atoms with Crippen LogP contribution in [0.25, 0.3) is 0 Å². The van der Waals surface area contributed by atoms with Gasteiger partial charge in [0.05, 0.1) is 0 Å². The van der Waals surface area contributed by atoms with E-state index < -0.39 is 7.12 Å². The fraction of sp³-hybridized carbons (Fsp3) is 0.200. The molecule has 0 aromatic heterocycles. The number of hydrogen-bond donors (Lipinski definition) is 2. The van der Waals surface area contributed by atoms with Crippen molar-refractivity contribution in [2.75, 3.05) is 0 Å². The van der Waals surface area contributed by atoms with E-state index in [2.05, 4.69) is 13.0 Å². The van der Waals surface area contributed by atoms with Crippen molar-refractivity contribution < 1.29 is 14.8 Å². The predicted molar refractivity (Wildman–Crippen MR) is 76.4 cm³/mol. The Morgan fingerprint density at radius 2 is 1.68 bits per heavy atom. The van der Waals surface area contributed by atoms with Crippen LogP contribution in [0, 0.1) is 0 Å². The Balaban J connectivity index is 2.02. The second-order valence-electron chi connectivity index (χ2n) is 4.37. The zero-order valence-corrected chi connectivity index (χ0v) is 10.9. The van der Waals surface area contributed by atoms with Crippen LogP contribution in [0.15, 0.2) is 48.5 Å². The van der Waals surface area contributed by atoms with Crippen molar-refractivity contribution in [1.29, 1.82) is 0 Å². The molecule has 0 unspecified atom stereocenters. The monoisotopic (exact) mass is 256 g/mol. The molecule has 2 rings (SSSR count). The summed E-state index contributed by atoms with van der Waals surface area (Å²) in [5.41, 5.74) is 2.66. The smallest absolute Gasteiger partial charge is 0.488 e. The predicted octanol–water partition coefficient (Wildman–Crippen LogP) is 1.51. The molecule has 0 amide bonds. The van der Waals surface area contributed by atoms with Crippen LogP contribution in [0.4, 0.5) is 0 Å². The van der Waals surface area contributed by atoms with Crippen molar-refractivity contribution in [3.63, 3.8) is 0 Å². The lowest BCUT2D eigenvalue weighted by Gasteiger charge is -2.10. The summed E-state index contributed by atoms with van der Waals surface area (Å²) in [5, 5.41) is 18.0. The fourth-order valence-corrected chi connectivity index (χ4v) is 1.88. The first-order valence-electron chi connectivity index (χ1n) is 6.36. The van der Waals surface area contributed by atoms with E-state index in [4.69, 9.17) is 14.8 Å². The van der Waals surface area contributed by atoms with Crippen LogP contribution in [0.2, 0.25) is 0 Å². The second kappa shape index (κ2) is 6.41. The summed E-state index contributed by atoms with van der Waals surface area (Å²) < 4.78 is 5.79. The fourth-order valence-electron chi connectivity index (χ4n) is 1.88. The van der Waals surface area contributed by atoms with Gasteiger partial charge in [-0.25, -0.2) is 0 Å². The number of para-hydroxylation sites is 1. The number of benzene rings is 2. The van der Waals surface area contributed by atoms with Gasteiger partial charge in [0.2, 0.25) is 0 Å².